The fourth-order valence-corrected chi connectivity index (χ4v) is 1.53. The maximum absolute atomic E-state index is 10.6. The number of carbonyl (C=O) groups is 1. The molecule has 0 heterocycles. The van der Waals surface area contributed by atoms with E-state index in [1.165, 1.54) is 7.11 Å². The van der Waals surface area contributed by atoms with Gasteiger partial charge in [-0.3, -0.25) is 4.79 Å². The molecule has 0 spiro atoms. The molecule has 0 aromatic heterocycles. The van der Waals surface area contributed by atoms with Gasteiger partial charge in [-0.25, -0.2) is 0 Å². The maximum atomic E-state index is 10.6. The third kappa shape index (κ3) is 2.39. The Kier molecular flexibility index (Phi) is 3.77. The van der Waals surface area contributed by atoms with E-state index in [4.69, 9.17) is 21.4 Å². The van der Waals surface area contributed by atoms with Gasteiger partial charge in [0, 0.05) is 0 Å². The van der Waals surface area contributed by atoms with Crippen LogP contribution < -0.4 is 4.74 Å². The van der Waals surface area contributed by atoms with Crippen molar-refractivity contribution in [3.05, 3.63) is 28.8 Å². The summed E-state index contributed by atoms with van der Waals surface area (Å²) < 4.78 is 4.95. The third-order valence-corrected chi connectivity index (χ3v) is 2.90. The number of hydrogen-bond donors (Lipinski definition) is 1. The zero-order valence-electron chi connectivity index (χ0n) is 7.33. The number of halogens is 2. The van der Waals surface area contributed by atoms with Crippen molar-refractivity contribution in [1.29, 1.82) is 0 Å². The largest absolute Gasteiger partial charge is 0.495 e. The molecule has 0 saturated carbocycles. The van der Waals surface area contributed by atoms with Crippen molar-refractivity contribution >= 4 is 33.5 Å². The molecule has 1 rings (SSSR count). The van der Waals surface area contributed by atoms with Crippen LogP contribution in [0.25, 0.3) is 0 Å². The highest BCUT2D eigenvalue weighted by Crippen LogP contribution is 2.30. The van der Waals surface area contributed by atoms with Gasteiger partial charge in [-0.1, -0.05) is 33.6 Å². The van der Waals surface area contributed by atoms with Crippen molar-refractivity contribution in [2.45, 2.75) is 4.83 Å². The van der Waals surface area contributed by atoms with Crippen LogP contribution in [0.1, 0.15) is 10.4 Å². The lowest BCUT2D eigenvalue weighted by atomic mass is 10.1. The topological polar surface area (TPSA) is 46.5 Å². The van der Waals surface area contributed by atoms with Gasteiger partial charge < -0.3 is 9.84 Å². The van der Waals surface area contributed by atoms with Gasteiger partial charge in [0.2, 0.25) is 0 Å². The number of ether oxygens (including phenoxy) is 1. The summed E-state index contributed by atoms with van der Waals surface area (Å²) >= 11 is 8.87. The number of methoxy groups -OCH3 is 1. The number of aliphatic carboxylic acids is 1. The van der Waals surface area contributed by atoms with Gasteiger partial charge >= 0.3 is 5.97 Å². The van der Waals surface area contributed by atoms with E-state index in [2.05, 4.69) is 15.9 Å². The van der Waals surface area contributed by atoms with Gasteiger partial charge in [-0.2, -0.15) is 0 Å². The molecule has 0 aliphatic heterocycles. The molecule has 0 aliphatic carbocycles. The molecule has 0 aliphatic rings. The van der Waals surface area contributed by atoms with Crippen LogP contribution in [0.4, 0.5) is 0 Å². The molecule has 0 bridgehead atoms. The van der Waals surface area contributed by atoms with Crippen LogP contribution >= 0.6 is 27.5 Å². The van der Waals surface area contributed by atoms with Crippen molar-refractivity contribution in [1.82, 2.24) is 0 Å². The minimum Gasteiger partial charge on any atom is -0.495 e. The summed E-state index contributed by atoms with van der Waals surface area (Å²) in [6, 6.07) is 4.85. The zero-order valence-corrected chi connectivity index (χ0v) is 9.67. The van der Waals surface area contributed by atoms with Crippen LogP contribution in [0.3, 0.4) is 0 Å². The van der Waals surface area contributed by atoms with Gasteiger partial charge in [0.15, 0.2) is 0 Å². The first-order chi connectivity index (χ1) is 6.56. The third-order valence-electron chi connectivity index (χ3n) is 1.69. The lowest BCUT2D eigenvalue weighted by Gasteiger charge is -2.07. The van der Waals surface area contributed by atoms with Gasteiger partial charge in [-0.05, 0) is 17.7 Å². The van der Waals surface area contributed by atoms with Crippen molar-refractivity contribution in [2.24, 2.45) is 0 Å². The number of hydrogen-bond acceptors (Lipinski definition) is 2. The Morgan fingerprint density at radius 2 is 2.29 bits per heavy atom. The monoisotopic (exact) mass is 278 g/mol. The van der Waals surface area contributed by atoms with Gasteiger partial charge in [0.05, 0.1) is 12.1 Å². The SMILES string of the molecule is COc1ccc(C(Br)C(=O)O)cc1Cl. The van der Waals surface area contributed by atoms with Gasteiger partial charge in [0.1, 0.15) is 10.6 Å². The molecule has 1 aromatic rings. The summed E-state index contributed by atoms with van der Waals surface area (Å²) in [6.45, 7) is 0. The average Bonchev–Trinajstić information content (AvgIpc) is 2.16. The van der Waals surface area contributed by atoms with Gasteiger partial charge in [0.25, 0.3) is 0 Å². The van der Waals surface area contributed by atoms with E-state index in [1.807, 2.05) is 0 Å². The average molecular weight is 280 g/mol. The molecule has 0 amide bonds. The predicted octanol–water partition coefficient (Wildman–Crippen LogP) is 2.87. The molecule has 14 heavy (non-hydrogen) atoms. The number of rotatable bonds is 3. The Balaban J connectivity index is 3.02. The molecule has 1 atom stereocenters. The maximum Gasteiger partial charge on any atom is 0.321 e. The molecule has 1 unspecified atom stereocenters. The standard InChI is InChI=1S/C9H8BrClO3/c1-14-7-3-2-5(4-6(7)11)8(10)9(12)13/h2-4,8H,1H3,(H,12,13). The molecule has 1 N–H and O–H groups in total. The Morgan fingerprint density at radius 3 is 2.71 bits per heavy atom. The minimum absolute atomic E-state index is 0.399. The Hall–Kier alpha value is -0.740. The zero-order chi connectivity index (χ0) is 10.7. The first-order valence-electron chi connectivity index (χ1n) is 3.76. The first kappa shape index (κ1) is 11.3. The van der Waals surface area contributed by atoms with E-state index in [1.54, 1.807) is 18.2 Å². The Morgan fingerprint density at radius 1 is 1.64 bits per heavy atom. The number of alkyl halides is 1. The predicted molar refractivity (Wildman–Crippen MR) is 57.3 cm³/mol. The summed E-state index contributed by atoms with van der Waals surface area (Å²) in [6.07, 6.45) is 0. The number of carboxylic acid groups (broad SMARTS) is 1. The second-order valence-corrected chi connectivity index (χ2v) is 3.92. The van der Waals surface area contributed by atoms with Crippen LogP contribution in [-0.2, 0) is 4.79 Å². The highest BCUT2D eigenvalue weighted by molar-refractivity contribution is 9.09. The normalized spacial score (nSPS) is 12.2. The van der Waals surface area contributed by atoms with Crippen LogP contribution in [-0.4, -0.2) is 18.2 Å². The van der Waals surface area contributed by atoms with Crippen molar-refractivity contribution in [2.75, 3.05) is 7.11 Å². The Bertz CT molecular complexity index is 354. The fourth-order valence-electron chi connectivity index (χ4n) is 0.983. The van der Waals surface area contributed by atoms with Crippen LogP contribution in [0.2, 0.25) is 5.02 Å². The minimum atomic E-state index is -0.953. The molecule has 0 radical (unpaired) electrons. The Labute approximate surface area is 94.8 Å². The summed E-state index contributed by atoms with van der Waals surface area (Å²) in [5, 5.41) is 9.13. The number of benzene rings is 1. The number of carboxylic acids is 1. The summed E-state index contributed by atoms with van der Waals surface area (Å²) in [5.41, 5.74) is 0.586. The summed E-state index contributed by atoms with van der Waals surface area (Å²) in [4.78, 5) is 9.90. The summed E-state index contributed by atoms with van der Waals surface area (Å²) in [7, 11) is 1.50. The van der Waals surface area contributed by atoms with Crippen molar-refractivity contribution in [3.8, 4) is 5.75 Å². The van der Waals surface area contributed by atoms with Crippen molar-refractivity contribution in [3.63, 3.8) is 0 Å². The molecular formula is C9H8BrClO3. The molecule has 1 aromatic carbocycles. The lowest BCUT2D eigenvalue weighted by molar-refractivity contribution is -0.136. The van der Waals surface area contributed by atoms with Gasteiger partial charge in [-0.15, -0.1) is 0 Å². The van der Waals surface area contributed by atoms with E-state index in [-0.39, 0.29) is 0 Å². The van der Waals surface area contributed by atoms with Crippen LogP contribution in [0.5, 0.6) is 5.75 Å². The molecular weight excluding hydrogens is 271 g/mol. The second kappa shape index (κ2) is 4.66. The van der Waals surface area contributed by atoms with E-state index in [0.29, 0.717) is 16.3 Å². The summed E-state index contributed by atoms with van der Waals surface area (Å²) in [5.74, 6) is -0.424. The fraction of sp³-hybridized carbons (Fsp3) is 0.222. The van der Waals surface area contributed by atoms with E-state index in [0.717, 1.165) is 0 Å². The molecule has 3 nitrogen and oxygen atoms in total. The van der Waals surface area contributed by atoms with Crippen LogP contribution in [0, 0.1) is 0 Å². The first-order valence-corrected chi connectivity index (χ1v) is 5.06. The van der Waals surface area contributed by atoms with Crippen LogP contribution in [0.15, 0.2) is 18.2 Å². The lowest BCUT2D eigenvalue weighted by Crippen LogP contribution is -2.04. The molecule has 5 heteroatoms. The quantitative estimate of drug-likeness (QED) is 0.866. The molecule has 0 saturated heterocycles. The molecule has 76 valence electrons. The second-order valence-electron chi connectivity index (χ2n) is 2.59. The van der Waals surface area contributed by atoms with E-state index in [9.17, 15) is 4.79 Å². The molecule has 0 fully saturated rings. The van der Waals surface area contributed by atoms with Crippen molar-refractivity contribution < 1.29 is 14.6 Å². The smallest absolute Gasteiger partial charge is 0.321 e. The van der Waals surface area contributed by atoms with E-state index < -0.39 is 10.8 Å². The van der Waals surface area contributed by atoms with E-state index >= 15 is 0 Å². The highest BCUT2D eigenvalue weighted by Gasteiger charge is 2.16. The highest BCUT2D eigenvalue weighted by atomic mass is 79.9.